The van der Waals surface area contributed by atoms with Gasteiger partial charge in [-0.15, -0.1) is 11.3 Å². The summed E-state index contributed by atoms with van der Waals surface area (Å²) in [6.45, 7) is 1.86. The highest BCUT2D eigenvalue weighted by atomic mass is 32.1. The highest BCUT2D eigenvalue weighted by molar-refractivity contribution is 7.18. The highest BCUT2D eigenvalue weighted by Gasteiger charge is 2.56. The second kappa shape index (κ2) is 6.05. The van der Waals surface area contributed by atoms with E-state index in [4.69, 9.17) is 0 Å². The van der Waals surface area contributed by atoms with Gasteiger partial charge in [-0.3, -0.25) is 14.5 Å². The molecule has 2 aromatic rings. The third-order valence-electron chi connectivity index (χ3n) is 5.12. The Kier molecular flexibility index (Phi) is 3.95. The lowest BCUT2D eigenvalue weighted by Crippen LogP contribution is -2.47. The van der Waals surface area contributed by atoms with Gasteiger partial charge in [0, 0.05) is 7.05 Å². The number of rotatable bonds is 5. The number of nitrogens with one attached hydrogen (secondary N) is 1. The fraction of sp³-hybridized carbons (Fsp3) is 0.444. The molecule has 1 aliphatic carbocycles. The zero-order chi connectivity index (χ0) is 18.5. The average molecular weight is 372 g/mol. The molecule has 1 aromatic carbocycles. The summed E-state index contributed by atoms with van der Waals surface area (Å²) < 4.78 is 1.07. The van der Waals surface area contributed by atoms with E-state index < -0.39 is 11.6 Å². The number of benzene rings is 1. The van der Waals surface area contributed by atoms with Crippen LogP contribution in [-0.2, 0) is 16.1 Å². The van der Waals surface area contributed by atoms with Crippen molar-refractivity contribution < 1.29 is 14.4 Å². The number of likely N-dealkylation sites (N-methyl/N-ethyl adjacent to an activating group) is 1. The van der Waals surface area contributed by atoms with E-state index in [1.807, 2.05) is 24.3 Å². The maximum absolute atomic E-state index is 12.6. The summed E-state index contributed by atoms with van der Waals surface area (Å²) in [5.41, 5.74) is 0.0471. The molecular weight excluding hydrogens is 352 g/mol. The van der Waals surface area contributed by atoms with Gasteiger partial charge < -0.3 is 10.2 Å². The Hall–Kier alpha value is -2.48. The minimum Gasteiger partial charge on any atom is -0.337 e. The van der Waals surface area contributed by atoms with Crippen LogP contribution in [0.2, 0.25) is 0 Å². The Morgan fingerprint density at radius 2 is 2.12 bits per heavy atom. The van der Waals surface area contributed by atoms with E-state index in [9.17, 15) is 14.4 Å². The van der Waals surface area contributed by atoms with E-state index in [2.05, 4.69) is 10.3 Å². The Balaban J connectivity index is 1.42. The zero-order valence-corrected chi connectivity index (χ0v) is 15.5. The smallest absolute Gasteiger partial charge is 0.325 e. The summed E-state index contributed by atoms with van der Waals surface area (Å²) in [5, 5.41) is 3.58. The highest BCUT2D eigenvalue weighted by Crippen LogP contribution is 2.42. The number of hydrogen-bond donors (Lipinski definition) is 1. The van der Waals surface area contributed by atoms with Crippen molar-refractivity contribution in [2.45, 2.75) is 31.8 Å². The van der Waals surface area contributed by atoms with Crippen molar-refractivity contribution in [2.75, 3.05) is 13.6 Å². The van der Waals surface area contributed by atoms with Gasteiger partial charge in [0.1, 0.15) is 17.1 Å². The zero-order valence-electron chi connectivity index (χ0n) is 14.7. The minimum atomic E-state index is -0.858. The summed E-state index contributed by atoms with van der Waals surface area (Å²) in [4.78, 5) is 44.4. The lowest BCUT2D eigenvalue weighted by atomic mass is 9.96. The fourth-order valence-corrected chi connectivity index (χ4v) is 4.35. The van der Waals surface area contributed by atoms with Gasteiger partial charge >= 0.3 is 6.03 Å². The van der Waals surface area contributed by atoms with E-state index >= 15 is 0 Å². The molecule has 26 heavy (non-hydrogen) atoms. The first kappa shape index (κ1) is 17.0. The summed E-state index contributed by atoms with van der Waals surface area (Å²) >= 11 is 1.53. The van der Waals surface area contributed by atoms with Gasteiger partial charge in [0.25, 0.3) is 5.91 Å². The first-order chi connectivity index (χ1) is 12.4. The Bertz CT molecular complexity index is 874. The fourth-order valence-electron chi connectivity index (χ4n) is 3.33. The molecule has 0 bridgehead atoms. The largest absolute Gasteiger partial charge is 0.337 e. The molecule has 136 valence electrons. The SMILES string of the molecule is CN(Cc1nc2ccccc2s1)C(=O)CN1C(=O)N[C@](C)(C2CC2)C1=O. The van der Waals surface area contributed by atoms with E-state index in [1.165, 1.54) is 16.2 Å². The second-order valence-corrected chi connectivity index (χ2v) is 8.24. The van der Waals surface area contributed by atoms with Crippen LogP contribution in [0.4, 0.5) is 4.79 Å². The van der Waals surface area contributed by atoms with Gasteiger partial charge in [0.15, 0.2) is 0 Å². The average Bonchev–Trinajstić information content (AvgIpc) is 3.35. The molecule has 1 aromatic heterocycles. The van der Waals surface area contributed by atoms with Crippen LogP contribution in [0, 0.1) is 5.92 Å². The Morgan fingerprint density at radius 3 is 2.81 bits per heavy atom. The molecule has 0 spiro atoms. The van der Waals surface area contributed by atoms with Crippen molar-refractivity contribution in [1.82, 2.24) is 20.1 Å². The van der Waals surface area contributed by atoms with Crippen molar-refractivity contribution in [2.24, 2.45) is 5.92 Å². The second-order valence-electron chi connectivity index (χ2n) is 7.12. The van der Waals surface area contributed by atoms with Gasteiger partial charge in [-0.25, -0.2) is 9.78 Å². The molecule has 0 unspecified atom stereocenters. The topological polar surface area (TPSA) is 82.6 Å². The molecule has 2 heterocycles. The first-order valence-electron chi connectivity index (χ1n) is 8.61. The molecule has 2 aliphatic rings. The van der Waals surface area contributed by atoms with Gasteiger partial charge in [-0.05, 0) is 37.8 Å². The number of aromatic nitrogens is 1. The molecule has 4 rings (SSSR count). The molecule has 1 N–H and O–H groups in total. The Labute approximate surface area is 155 Å². The van der Waals surface area contributed by atoms with Crippen molar-refractivity contribution in [3.63, 3.8) is 0 Å². The predicted octanol–water partition coefficient (Wildman–Crippen LogP) is 1.98. The molecule has 1 saturated carbocycles. The number of fused-ring (bicyclic) bond motifs is 1. The van der Waals surface area contributed by atoms with Crippen molar-refractivity contribution in [3.8, 4) is 0 Å². The standard InChI is InChI=1S/C18H20N4O3S/c1-18(11-7-8-11)16(24)22(17(25)20-18)10-15(23)21(2)9-14-19-12-5-3-4-6-13(12)26-14/h3-6,11H,7-10H2,1-2H3,(H,20,25)/t18-/m1/s1. The number of para-hydroxylation sites is 1. The number of thiazole rings is 1. The summed E-state index contributed by atoms with van der Waals surface area (Å²) in [6, 6.07) is 7.32. The van der Waals surface area contributed by atoms with Crippen molar-refractivity contribution >= 4 is 39.4 Å². The lowest BCUT2D eigenvalue weighted by molar-refractivity contribution is -0.138. The summed E-state index contributed by atoms with van der Waals surface area (Å²) in [6.07, 6.45) is 1.86. The third-order valence-corrected chi connectivity index (χ3v) is 6.15. The molecule has 1 atom stereocenters. The van der Waals surface area contributed by atoms with E-state index in [0.717, 1.165) is 33.0 Å². The van der Waals surface area contributed by atoms with Gasteiger partial charge in [-0.2, -0.15) is 0 Å². The van der Waals surface area contributed by atoms with Crippen LogP contribution in [0.1, 0.15) is 24.8 Å². The van der Waals surface area contributed by atoms with Crippen LogP contribution >= 0.6 is 11.3 Å². The van der Waals surface area contributed by atoms with Crippen LogP contribution in [0.25, 0.3) is 10.2 Å². The number of amides is 4. The molecule has 7 nitrogen and oxygen atoms in total. The van der Waals surface area contributed by atoms with Gasteiger partial charge in [0.2, 0.25) is 5.91 Å². The van der Waals surface area contributed by atoms with Crippen LogP contribution in [0.5, 0.6) is 0 Å². The summed E-state index contributed by atoms with van der Waals surface area (Å²) in [7, 11) is 1.66. The molecule has 1 saturated heterocycles. The molecular formula is C18H20N4O3S. The molecule has 1 aliphatic heterocycles. The number of carbonyl (C=O) groups is 3. The molecule has 2 fully saturated rings. The molecule has 0 radical (unpaired) electrons. The van der Waals surface area contributed by atoms with Crippen molar-refractivity contribution in [3.05, 3.63) is 29.3 Å². The van der Waals surface area contributed by atoms with Crippen LogP contribution in [0.3, 0.4) is 0 Å². The third kappa shape index (κ3) is 2.84. The van der Waals surface area contributed by atoms with Crippen LogP contribution in [-0.4, -0.2) is 51.8 Å². The number of urea groups is 1. The minimum absolute atomic E-state index is 0.180. The van der Waals surface area contributed by atoms with E-state index in [0.29, 0.717) is 6.54 Å². The quantitative estimate of drug-likeness (QED) is 0.814. The van der Waals surface area contributed by atoms with Crippen LogP contribution in [0.15, 0.2) is 24.3 Å². The maximum atomic E-state index is 12.6. The molecule has 4 amide bonds. The van der Waals surface area contributed by atoms with Crippen molar-refractivity contribution in [1.29, 1.82) is 0 Å². The predicted molar refractivity (Wildman–Crippen MR) is 97.5 cm³/mol. The number of imide groups is 1. The lowest BCUT2D eigenvalue weighted by Gasteiger charge is -2.22. The van der Waals surface area contributed by atoms with Crippen LogP contribution < -0.4 is 5.32 Å². The Morgan fingerprint density at radius 1 is 1.38 bits per heavy atom. The molecule has 8 heteroatoms. The summed E-state index contributed by atoms with van der Waals surface area (Å²) in [5.74, 6) is -0.404. The number of nitrogens with zero attached hydrogens (tertiary/aromatic N) is 3. The number of hydrogen-bond acceptors (Lipinski definition) is 5. The van der Waals surface area contributed by atoms with Gasteiger partial charge in [-0.1, -0.05) is 12.1 Å². The first-order valence-corrected chi connectivity index (χ1v) is 9.42. The van der Waals surface area contributed by atoms with Gasteiger partial charge in [0.05, 0.1) is 16.8 Å². The number of carbonyl (C=O) groups excluding carboxylic acids is 3. The van der Waals surface area contributed by atoms with E-state index in [-0.39, 0.29) is 24.3 Å². The monoisotopic (exact) mass is 372 g/mol. The maximum Gasteiger partial charge on any atom is 0.325 e. The van der Waals surface area contributed by atoms with E-state index in [1.54, 1.807) is 14.0 Å². The normalized spacial score (nSPS) is 22.8.